The van der Waals surface area contributed by atoms with E-state index < -0.39 is 30.5 Å². The van der Waals surface area contributed by atoms with Crippen LogP contribution in [0, 0.1) is 0 Å². The average molecular weight is 340 g/mol. The summed E-state index contributed by atoms with van der Waals surface area (Å²) >= 11 is 0. The van der Waals surface area contributed by atoms with Crippen molar-refractivity contribution < 1.29 is 27.4 Å². The Labute approximate surface area is 135 Å². The highest BCUT2D eigenvalue weighted by molar-refractivity contribution is 5.68. The Balaban J connectivity index is 2.66. The van der Waals surface area contributed by atoms with Gasteiger partial charge in [0.15, 0.2) is 0 Å². The number of piperidine rings is 1. The lowest BCUT2D eigenvalue weighted by Crippen LogP contribution is -2.57. The zero-order valence-corrected chi connectivity index (χ0v) is 14.4. The number of ether oxygens (including phenoxy) is 2. The second kappa shape index (κ2) is 7.70. The van der Waals surface area contributed by atoms with Gasteiger partial charge in [-0.1, -0.05) is 0 Å². The van der Waals surface area contributed by atoms with Crippen molar-refractivity contribution in [2.24, 2.45) is 0 Å². The summed E-state index contributed by atoms with van der Waals surface area (Å²) in [6.07, 6.45) is -5.09. The minimum atomic E-state index is -4.24. The molecule has 0 bridgehead atoms. The number of nitrogens with one attached hydrogen (secondary N) is 1. The third-order valence-electron chi connectivity index (χ3n) is 3.20. The zero-order valence-electron chi connectivity index (χ0n) is 14.4. The summed E-state index contributed by atoms with van der Waals surface area (Å²) in [6, 6.07) is -0.364. The van der Waals surface area contributed by atoms with E-state index in [1.165, 1.54) is 4.90 Å². The Hall–Kier alpha value is -1.02. The van der Waals surface area contributed by atoms with Gasteiger partial charge in [-0.05, 0) is 41.0 Å². The smallest absolute Gasteiger partial charge is 0.407 e. The molecule has 1 aliphatic heterocycles. The van der Waals surface area contributed by atoms with Crippen molar-refractivity contribution in [3.63, 3.8) is 0 Å². The van der Waals surface area contributed by atoms with Crippen LogP contribution in [0.4, 0.5) is 18.0 Å². The van der Waals surface area contributed by atoms with Crippen LogP contribution in [0.3, 0.4) is 0 Å². The molecule has 2 unspecified atom stereocenters. The van der Waals surface area contributed by atoms with E-state index in [0.29, 0.717) is 6.42 Å². The molecule has 1 saturated heterocycles. The molecule has 0 spiro atoms. The van der Waals surface area contributed by atoms with Crippen molar-refractivity contribution >= 4 is 6.09 Å². The van der Waals surface area contributed by atoms with Crippen LogP contribution in [-0.4, -0.2) is 60.7 Å². The highest BCUT2D eigenvalue weighted by Gasteiger charge is 2.37. The molecule has 0 aliphatic carbocycles. The second-order valence-electron chi connectivity index (χ2n) is 7.11. The van der Waals surface area contributed by atoms with Gasteiger partial charge in [-0.2, -0.15) is 13.2 Å². The van der Waals surface area contributed by atoms with Crippen LogP contribution in [0.5, 0.6) is 0 Å². The molecule has 1 amide bonds. The topological polar surface area (TPSA) is 50.8 Å². The lowest BCUT2D eigenvalue weighted by molar-refractivity contribution is -0.156. The molecule has 0 aromatic heterocycles. The van der Waals surface area contributed by atoms with Crippen LogP contribution in [-0.2, 0) is 9.47 Å². The van der Waals surface area contributed by atoms with Gasteiger partial charge in [0, 0.05) is 13.1 Å². The summed E-state index contributed by atoms with van der Waals surface area (Å²) in [7, 11) is 0. The number of rotatable bonds is 4. The van der Waals surface area contributed by atoms with Crippen LogP contribution in [0.15, 0.2) is 0 Å². The molecule has 1 N–H and O–H groups in total. The molecule has 8 heteroatoms. The van der Waals surface area contributed by atoms with Gasteiger partial charge in [0.25, 0.3) is 0 Å². The largest absolute Gasteiger partial charge is 0.444 e. The SMILES string of the molecule is CC(C)OC1CN(CC(F)(F)F)CCC1NC(=O)OC(C)(C)C. The van der Waals surface area contributed by atoms with Crippen LogP contribution in [0.1, 0.15) is 41.0 Å². The van der Waals surface area contributed by atoms with E-state index >= 15 is 0 Å². The van der Waals surface area contributed by atoms with Crippen molar-refractivity contribution in [3.05, 3.63) is 0 Å². The molecule has 1 aliphatic rings. The molecular formula is C15H27F3N2O3. The monoisotopic (exact) mass is 340 g/mol. The summed E-state index contributed by atoms with van der Waals surface area (Å²) in [6.45, 7) is 8.28. The summed E-state index contributed by atoms with van der Waals surface area (Å²) in [4.78, 5) is 13.2. The number of likely N-dealkylation sites (tertiary alicyclic amines) is 1. The van der Waals surface area contributed by atoms with Gasteiger partial charge >= 0.3 is 12.3 Å². The van der Waals surface area contributed by atoms with Crippen LogP contribution in [0.25, 0.3) is 0 Å². The van der Waals surface area contributed by atoms with Crippen molar-refractivity contribution in [2.75, 3.05) is 19.6 Å². The van der Waals surface area contributed by atoms with Crippen LogP contribution in [0.2, 0.25) is 0 Å². The molecule has 136 valence electrons. The van der Waals surface area contributed by atoms with E-state index in [4.69, 9.17) is 9.47 Å². The summed E-state index contributed by atoms with van der Waals surface area (Å²) in [5.74, 6) is 0. The fourth-order valence-electron chi connectivity index (χ4n) is 2.49. The quantitative estimate of drug-likeness (QED) is 0.855. The molecule has 5 nitrogen and oxygen atoms in total. The second-order valence-corrected chi connectivity index (χ2v) is 7.11. The Kier molecular flexibility index (Phi) is 6.70. The van der Waals surface area contributed by atoms with E-state index in [-0.39, 0.29) is 25.2 Å². The maximum absolute atomic E-state index is 12.6. The molecule has 2 atom stereocenters. The van der Waals surface area contributed by atoms with E-state index in [0.717, 1.165) is 0 Å². The average Bonchev–Trinajstić information content (AvgIpc) is 2.27. The highest BCUT2D eigenvalue weighted by atomic mass is 19.4. The lowest BCUT2D eigenvalue weighted by Gasteiger charge is -2.39. The molecule has 1 rings (SSSR count). The molecule has 0 saturated carbocycles. The number of nitrogens with zero attached hydrogens (tertiary/aromatic N) is 1. The van der Waals surface area contributed by atoms with Gasteiger partial charge in [-0.25, -0.2) is 4.79 Å². The molecule has 0 radical (unpaired) electrons. The number of amides is 1. The van der Waals surface area contributed by atoms with Crippen LogP contribution >= 0.6 is 0 Å². The fourth-order valence-corrected chi connectivity index (χ4v) is 2.49. The summed E-state index contributed by atoms with van der Waals surface area (Å²) in [5.41, 5.74) is -0.629. The Bertz CT molecular complexity index is 394. The van der Waals surface area contributed by atoms with Gasteiger partial charge in [0.1, 0.15) is 5.60 Å². The van der Waals surface area contributed by atoms with Crippen molar-refractivity contribution in [3.8, 4) is 0 Å². The van der Waals surface area contributed by atoms with Gasteiger partial charge in [-0.3, -0.25) is 4.90 Å². The van der Waals surface area contributed by atoms with Gasteiger partial charge in [0.2, 0.25) is 0 Å². The van der Waals surface area contributed by atoms with E-state index in [1.807, 2.05) is 13.8 Å². The molecule has 1 fully saturated rings. The predicted molar refractivity (Wildman–Crippen MR) is 80.3 cm³/mol. The molecule has 0 aromatic carbocycles. The number of carbonyl (C=O) groups excluding carboxylic acids is 1. The molecular weight excluding hydrogens is 313 g/mol. The fraction of sp³-hybridized carbons (Fsp3) is 0.933. The standard InChI is InChI=1S/C15H27F3N2O3/c1-10(2)22-12-8-20(9-15(16,17)18)7-6-11(12)19-13(21)23-14(3,4)5/h10-12H,6-9H2,1-5H3,(H,19,21). The first-order valence-electron chi connectivity index (χ1n) is 7.80. The number of hydrogen-bond acceptors (Lipinski definition) is 4. The molecule has 0 aromatic rings. The zero-order chi connectivity index (χ0) is 17.8. The summed E-state index contributed by atoms with van der Waals surface area (Å²) in [5, 5.41) is 2.72. The normalized spacial score (nSPS) is 23.9. The Morgan fingerprint density at radius 1 is 1.30 bits per heavy atom. The Morgan fingerprint density at radius 3 is 2.39 bits per heavy atom. The number of halogens is 3. The number of alkyl halides is 3. The van der Waals surface area contributed by atoms with Crippen LogP contribution < -0.4 is 5.32 Å². The highest BCUT2D eigenvalue weighted by Crippen LogP contribution is 2.22. The minimum absolute atomic E-state index is 0.123. The summed E-state index contributed by atoms with van der Waals surface area (Å²) < 4.78 is 48.6. The maximum atomic E-state index is 12.6. The number of carbonyl (C=O) groups is 1. The molecule has 23 heavy (non-hydrogen) atoms. The van der Waals surface area contributed by atoms with Crippen molar-refractivity contribution in [1.29, 1.82) is 0 Å². The van der Waals surface area contributed by atoms with Gasteiger partial charge in [0.05, 0.1) is 24.8 Å². The first-order valence-corrected chi connectivity index (χ1v) is 7.80. The first kappa shape index (κ1) is 20.0. The minimum Gasteiger partial charge on any atom is -0.444 e. The number of alkyl carbamates (subject to hydrolysis) is 1. The number of hydrogen-bond donors (Lipinski definition) is 1. The molecule has 1 heterocycles. The Morgan fingerprint density at radius 2 is 1.91 bits per heavy atom. The van der Waals surface area contributed by atoms with Gasteiger partial charge in [-0.15, -0.1) is 0 Å². The van der Waals surface area contributed by atoms with Crippen molar-refractivity contribution in [2.45, 2.75) is 71.1 Å². The lowest BCUT2D eigenvalue weighted by atomic mass is 10.0. The van der Waals surface area contributed by atoms with E-state index in [1.54, 1.807) is 20.8 Å². The van der Waals surface area contributed by atoms with Gasteiger partial charge < -0.3 is 14.8 Å². The maximum Gasteiger partial charge on any atom is 0.407 e. The predicted octanol–water partition coefficient (Wildman–Crippen LogP) is 2.94. The third-order valence-corrected chi connectivity index (χ3v) is 3.20. The van der Waals surface area contributed by atoms with E-state index in [9.17, 15) is 18.0 Å². The third kappa shape index (κ3) is 8.41. The van der Waals surface area contributed by atoms with Crippen molar-refractivity contribution in [1.82, 2.24) is 10.2 Å². The first-order chi connectivity index (χ1) is 10.4. The van der Waals surface area contributed by atoms with E-state index in [2.05, 4.69) is 5.32 Å².